The number of carbonyl (C=O) groups excluding carboxylic acids is 1. The van der Waals surface area contributed by atoms with Crippen molar-refractivity contribution in [3.63, 3.8) is 0 Å². The first-order chi connectivity index (χ1) is 9.16. The zero-order valence-corrected chi connectivity index (χ0v) is 12.0. The van der Waals surface area contributed by atoms with E-state index in [0.29, 0.717) is 11.0 Å². The number of benzene rings is 1. The van der Waals surface area contributed by atoms with Crippen LogP contribution < -0.4 is 10.6 Å². The highest BCUT2D eigenvalue weighted by molar-refractivity contribution is 7.82. The highest BCUT2D eigenvalue weighted by atomic mass is 32.1. The van der Waals surface area contributed by atoms with Gasteiger partial charge in [0.15, 0.2) is 4.99 Å². The predicted molar refractivity (Wildman–Crippen MR) is 81.0 cm³/mol. The van der Waals surface area contributed by atoms with Gasteiger partial charge in [0.05, 0.1) is 6.04 Å². The van der Waals surface area contributed by atoms with Gasteiger partial charge in [-0.25, -0.2) is 0 Å². The number of carbonyl (C=O) groups is 1. The second-order valence-corrected chi connectivity index (χ2v) is 5.47. The fourth-order valence-electron chi connectivity index (χ4n) is 2.41. The molecule has 1 aliphatic carbocycles. The van der Waals surface area contributed by atoms with Gasteiger partial charge in [-0.15, -0.1) is 0 Å². The molecule has 1 aromatic carbocycles. The van der Waals surface area contributed by atoms with Crippen LogP contribution in [0.15, 0.2) is 30.3 Å². The van der Waals surface area contributed by atoms with Crippen molar-refractivity contribution in [2.45, 2.75) is 44.7 Å². The Labute approximate surface area is 119 Å². The molecule has 0 aromatic heterocycles. The molecule has 0 heterocycles. The van der Waals surface area contributed by atoms with Crippen molar-refractivity contribution in [2.24, 2.45) is 0 Å². The molecule has 1 aromatic rings. The van der Waals surface area contributed by atoms with Gasteiger partial charge in [-0.05, 0) is 25.3 Å². The first-order valence-electron chi connectivity index (χ1n) is 6.83. The van der Waals surface area contributed by atoms with Crippen molar-refractivity contribution < 1.29 is 4.79 Å². The first-order valence-corrected chi connectivity index (χ1v) is 7.24. The van der Waals surface area contributed by atoms with Crippen molar-refractivity contribution in [1.29, 1.82) is 0 Å². The molecule has 1 saturated carbocycles. The Bertz CT molecular complexity index is 441. The molecule has 0 saturated heterocycles. The Morgan fingerprint density at radius 3 is 2.53 bits per heavy atom. The molecule has 2 rings (SSSR count). The number of thiocarbonyl (C=S) groups is 1. The standard InChI is InChI=1S/C15H20N2OS/c1-11(12-7-3-2-4-8-12)16-14(18)15(19)17-13-9-5-6-10-13/h2-4,7-8,11,13H,5-6,9-10H2,1H3,(H,16,18)(H,17,19). The minimum absolute atomic E-state index is 0.0305. The summed E-state index contributed by atoms with van der Waals surface area (Å²) in [5.41, 5.74) is 1.08. The summed E-state index contributed by atoms with van der Waals surface area (Å²) in [6.45, 7) is 1.96. The summed E-state index contributed by atoms with van der Waals surface area (Å²) in [5.74, 6) is -0.182. The van der Waals surface area contributed by atoms with E-state index in [1.165, 1.54) is 12.8 Å². The van der Waals surface area contributed by atoms with Crippen LogP contribution in [0.3, 0.4) is 0 Å². The predicted octanol–water partition coefficient (Wildman–Crippen LogP) is 2.72. The Morgan fingerprint density at radius 1 is 1.26 bits per heavy atom. The molecule has 1 atom stereocenters. The maximum atomic E-state index is 12.0. The highest BCUT2D eigenvalue weighted by Crippen LogP contribution is 2.17. The summed E-state index contributed by atoms with van der Waals surface area (Å²) in [4.78, 5) is 12.3. The average molecular weight is 276 g/mol. The molecule has 0 bridgehead atoms. The van der Waals surface area contributed by atoms with E-state index in [1.807, 2.05) is 37.3 Å². The van der Waals surface area contributed by atoms with E-state index < -0.39 is 0 Å². The lowest BCUT2D eigenvalue weighted by Gasteiger charge is -2.17. The number of hydrogen-bond donors (Lipinski definition) is 2. The minimum atomic E-state index is -0.182. The van der Waals surface area contributed by atoms with Crippen LogP contribution in [0, 0.1) is 0 Å². The van der Waals surface area contributed by atoms with E-state index in [1.54, 1.807) is 0 Å². The molecule has 4 heteroatoms. The van der Waals surface area contributed by atoms with E-state index in [-0.39, 0.29) is 11.9 Å². The summed E-state index contributed by atoms with van der Waals surface area (Å²) in [6.07, 6.45) is 4.67. The minimum Gasteiger partial charge on any atom is -0.369 e. The fraction of sp³-hybridized carbons (Fsp3) is 0.467. The molecule has 1 fully saturated rings. The van der Waals surface area contributed by atoms with Crippen molar-refractivity contribution >= 4 is 23.1 Å². The smallest absolute Gasteiger partial charge is 0.279 e. The van der Waals surface area contributed by atoms with Crippen LogP contribution in [-0.2, 0) is 4.79 Å². The van der Waals surface area contributed by atoms with Crippen LogP contribution >= 0.6 is 12.2 Å². The summed E-state index contributed by atoms with van der Waals surface area (Å²) in [6, 6.07) is 10.2. The van der Waals surface area contributed by atoms with Gasteiger partial charge in [-0.2, -0.15) is 0 Å². The van der Waals surface area contributed by atoms with Gasteiger partial charge in [-0.1, -0.05) is 55.4 Å². The highest BCUT2D eigenvalue weighted by Gasteiger charge is 2.19. The third kappa shape index (κ3) is 4.03. The number of rotatable bonds is 3. The summed E-state index contributed by atoms with van der Waals surface area (Å²) >= 11 is 5.16. The summed E-state index contributed by atoms with van der Waals surface area (Å²) in [7, 11) is 0. The molecule has 0 aliphatic heterocycles. The largest absolute Gasteiger partial charge is 0.369 e. The van der Waals surface area contributed by atoms with Crippen molar-refractivity contribution in [2.75, 3.05) is 0 Å². The van der Waals surface area contributed by atoms with Crippen molar-refractivity contribution in [3.8, 4) is 0 Å². The zero-order chi connectivity index (χ0) is 13.7. The monoisotopic (exact) mass is 276 g/mol. The molecular formula is C15H20N2OS. The lowest BCUT2D eigenvalue weighted by molar-refractivity contribution is -0.115. The van der Waals surface area contributed by atoms with Gasteiger partial charge in [0, 0.05) is 6.04 Å². The van der Waals surface area contributed by atoms with Crippen LogP contribution in [0.5, 0.6) is 0 Å². The zero-order valence-electron chi connectivity index (χ0n) is 11.2. The van der Waals surface area contributed by atoms with Crippen molar-refractivity contribution in [3.05, 3.63) is 35.9 Å². The van der Waals surface area contributed by atoms with E-state index in [0.717, 1.165) is 18.4 Å². The molecule has 1 aliphatic rings. The average Bonchev–Trinajstić information content (AvgIpc) is 2.92. The molecule has 1 unspecified atom stereocenters. The molecule has 3 nitrogen and oxygen atoms in total. The van der Waals surface area contributed by atoms with Crippen LogP contribution in [0.4, 0.5) is 0 Å². The van der Waals surface area contributed by atoms with Gasteiger partial charge in [0.2, 0.25) is 0 Å². The fourth-order valence-corrected chi connectivity index (χ4v) is 2.63. The normalized spacial score (nSPS) is 16.9. The molecule has 1 amide bonds. The van der Waals surface area contributed by atoms with Crippen LogP contribution in [0.25, 0.3) is 0 Å². The number of hydrogen-bond acceptors (Lipinski definition) is 2. The third-order valence-corrected chi connectivity index (χ3v) is 3.85. The Morgan fingerprint density at radius 2 is 1.89 bits per heavy atom. The Balaban J connectivity index is 1.84. The van der Waals surface area contributed by atoms with Crippen LogP contribution in [0.1, 0.15) is 44.2 Å². The van der Waals surface area contributed by atoms with Gasteiger partial charge in [0.25, 0.3) is 5.91 Å². The lowest BCUT2D eigenvalue weighted by Crippen LogP contribution is -2.43. The van der Waals surface area contributed by atoms with E-state index in [9.17, 15) is 4.79 Å². The Hall–Kier alpha value is -1.42. The summed E-state index contributed by atoms with van der Waals surface area (Å²) in [5, 5.41) is 6.08. The Kier molecular flexibility index (Phi) is 4.91. The van der Waals surface area contributed by atoms with Crippen LogP contribution in [-0.4, -0.2) is 16.9 Å². The van der Waals surface area contributed by atoms with Crippen LogP contribution in [0.2, 0.25) is 0 Å². The topological polar surface area (TPSA) is 41.1 Å². The molecule has 2 N–H and O–H groups in total. The molecule has 19 heavy (non-hydrogen) atoms. The maximum absolute atomic E-state index is 12.0. The molecule has 102 valence electrons. The van der Waals surface area contributed by atoms with Gasteiger partial charge < -0.3 is 10.6 Å². The molecular weight excluding hydrogens is 256 g/mol. The number of nitrogens with one attached hydrogen (secondary N) is 2. The van der Waals surface area contributed by atoms with E-state index >= 15 is 0 Å². The molecule has 0 spiro atoms. The van der Waals surface area contributed by atoms with E-state index in [4.69, 9.17) is 12.2 Å². The quantitative estimate of drug-likeness (QED) is 0.834. The van der Waals surface area contributed by atoms with Gasteiger partial charge >= 0.3 is 0 Å². The van der Waals surface area contributed by atoms with E-state index in [2.05, 4.69) is 10.6 Å². The maximum Gasteiger partial charge on any atom is 0.279 e. The van der Waals surface area contributed by atoms with Crippen molar-refractivity contribution in [1.82, 2.24) is 10.6 Å². The SMILES string of the molecule is CC(NC(=O)C(=S)NC1CCCC1)c1ccccc1. The lowest BCUT2D eigenvalue weighted by atomic mass is 10.1. The third-order valence-electron chi connectivity index (χ3n) is 3.54. The van der Waals surface area contributed by atoms with Gasteiger partial charge in [-0.3, -0.25) is 4.79 Å². The second kappa shape index (κ2) is 6.66. The summed E-state index contributed by atoms with van der Waals surface area (Å²) < 4.78 is 0. The molecule has 0 radical (unpaired) electrons. The second-order valence-electron chi connectivity index (χ2n) is 5.06. The number of amides is 1. The first kappa shape index (κ1) is 14.0. The van der Waals surface area contributed by atoms with Gasteiger partial charge in [0.1, 0.15) is 0 Å².